The second-order valence-corrected chi connectivity index (χ2v) is 3.88. The Kier molecular flexibility index (Phi) is 3.54. The summed E-state index contributed by atoms with van der Waals surface area (Å²) in [4.78, 5) is 4.20. The van der Waals surface area contributed by atoms with Gasteiger partial charge in [-0.1, -0.05) is 19.9 Å². The topological polar surface area (TPSA) is 12.9 Å². The van der Waals surface area contributed by atoms with Crippen LogP contribution in [0.5, 0.6) is 0 Å². The predicted molar refractivity (Wildman–Crippen MR) is 52.3 cm³/mol. The van der Waals surface area contributed by atoms with Gasteiger partial charge in [-0.2, -0.15) is 0 Å². The quantitative estimate of drug-likeness (QED) is 0.655. The molecule has 0 fully saturated rings. The molecule has 1 unspecified atom stereocenters. The molecule has 12 heavy (non-hydrogen) atoms. The summed E-state index contributed by atoms with van der Waals surface area (Å²) in [5.74, 6) is 0.620. The van der Waals surface area contributed by atoms with Crippen molar-refractivity contribution in [1.29, 1.82) is 0 Å². The summed E-state index contributed by atoms with van der Waals surface area (Å²) in [5, 5.41) is 0.0613. The summed E-state index contributed by atoms with van der Waals surface area (Å²) in [6.07, 6.45) is 2.77. The van der Waals surface area contributed by atoms with E-state index in [4.69, 9.17) is 11.6 Å². The largest absolute Gasteiger partial charge is 0.260 e. The third-order valence-electron chi connectivity index (χ3n) is 1.69. The molecule has 0 saturated carbocycles. The third kappa shape index (κ3) is 2.82. The van der Waals surface area contributed by atoms with Crippen LogP contribution in [-0.4, -0.2) is 4.98 Å². The van der Waals surface area contributed by atoms with Crippen LogP contribution < -0.4 is 0 Å². The average Bonchev–Trinajstić information content (AvgIpc) is 2.05. The van der Waals surface area contributed by atoms with Crippen LogP contribution in [0.2, 0.25) is 0 Å². The molecule has 0 aliphatic carbocycles. The minimum atomic E-state index is 0.0613. The van der Waals surface area contributed by atoms with Crippen LogP contribution in [0.1, 0.15) is 31.3 Å². The number of nitrogens with zero attached hydrogens (tertiary/aromatic N) is 1. The monoisotopic (exact) mass is 183 g/mol. The lowest BCUT2D eigenvalue weighted by Gasteiger charge is -2.10. The van der Waals surface area contributed by atoms with Gasteiger partial charge in [0, 0.05) is 6.20 Å². The van der Waals surface area contributed by atoms with Crippen molar-refractivity contribution in [2.24, 2.45) is 5.92 Å². The van der Waals surface area contributed by atoms with E-state index >= 15 is 0 Å². The molecular weight excluding hydrogens is 170 g/mol. The van der Waals surface area contributed by atoms with Gasteiger partial charge < -0.3 is 0 Å². The summed E-state index contributed by atoms with van der Waals surface area (Å²) in [6.45, 7) is 4.33. The second-order valence-electron chi connectivity index (χ2n) is 3.35. The van der Waals surface area contributed by atoms with E-state index in [1.807, 2.05) is 18.2 Å². The minimum absolute atomic E-state index is 0.0613. The standard InChI is InChI=1S/C10H14ClN/c1-8(2)7-9(11)10-5-3-4-6-12-10/h3-6,8-9H,7H2,1-2H3. The van der Waals surface area contributed by atoms with E-state index in [0.29, 0.717) is 5.92 Å². The van der Waals surface area contributed by atoms with Crippen molar-refractivity contribution in [3.8, 4) is 0 Å². The van der Waals surface area contributed by atoms with E-state index in [9.17, 15) is 0 Å². The van der Waals surface area contributed by atoms with Gasteiger partial charge in [0.1, 0.15) is 0 Å². The number of halogens is 1. The first-order chi connectivity index (χ1) is 5.70. The molecule has 0 radical (unpaired) electrons. The maximum absolute atomic E-state index is 6.14. The summed E-state index contributed by atoms with van der Waals surface area (Å²) in [6, 6.07) is 5.85. The first-order valence-corrected chi connectivity index (χ1v) is 4.69. The third-order valence-corrected chi connectivity index (χ3v) is 2.09. The lowest BCUT2D eigenvalue weighted by Crippen LogP contribution is -1.98. The molecular formula is C10H14ClN. The first kappa shape index (κ1) is 9.53. The molecule has 0 bridgehead atoms. The highest BCUT2D eigenvalue weighted by Gasteiger charge is 2.09. The van der Waals surface area contributed by atoms with Crippen molar-refractivity contribution >= 4 is 11.6 Å². The van der Waals surface area contributed by atoms with Gasteiger partial charge in [-0.05, 0) is 24.5 Å². The highest BCUT2D eigenvalue weighted by Crippen LogP contribution is 2.25. The van der Waals surface area contributed by atoms with Gasteiger partial charge in [0.15, 0.2) is 0 Å². The Bertz CT molecular complexity index is 221. The van der Waals surface area contributed by atoms with E-state index in [1.54, 1.807) is 6.20 Å². The average molecular weight is 184 g/mol. The SMILES string of the molecule is CC(C)CC(Cl)c1ccccn1. The molecule has 2 heteroatoms. The molecule has 0 aliphatic rings. The fourth-order valence-electron chi connectivity index (χ4n) is 1.10. The maximum atomic E-state index is 6.14. The molecule has 0 amide bonds. The molecule has 1 aromatic rings. The normalized spacial score (nSPS) is 13.3. The number of hydrogen-bond donors (Lipinski definition) is 0. The molecule has 1 atom stereocenters. The molecule has 0 spiro atoms. The Morgan fingerprint density at radius 2 is 2.17 bits per heavy atom. The summed E-state index contributed by atoms with van der Waals surface area (Å²) in [5.41, 5.74) is 0.980. The number of alkyl halides is 1. The van der Waals surface area contributed by atoms with E-state index in [2.05, 4.69) is 18.8 Å². The second kappa shape index (κ2) is 4.46. The van der Waals surface area contributed by atoms with Gasteiger partial charge in [0.05, 0.1) is 11.1 Å². The zero-order valence-corrected chi connectivity index (χ0v) is 8.25. The van der Waals surface area contributed by atoms with Gasteiger partial charge in [-0.15, -0.1) is 11.6 Å². The van der Waals surface area contributed by atoms with Gasteiger partial charge >= 0.3 is 0 Å². The number of aromatic nitrogens is 1. The van der Waals surface area contributed by atoms with Gasteiger partial charge in [-0.3, -0.25) is 4.98 Å². The molecule has 1 nitrogen and oxygen atoms in total. The van der Waals surface area contributed by atoms with Crippen molar-refractivity contribution in [3.05, 3.63) is 30.1 Å². The smallest absolute Gasteiger partial charge is 0.0759 e. The Hall–Kier alpha value is -0.560. The molecule has 66 valence electrons. The van der Waals surface area contributed by atoms with Crippen molar-refractivity contribution < 1.29 is 0 Å². The van der Waals surface area contributed by atoms with Crippen LogP contribution in [0.4, 0.5) is 0 Å². The van der Waals surface area contributed by atoms with Crippen molar-refractivity contribution in [1.82, 2.24) is 4.98 Å². The number of hydrogen-bond acceptors (Lipinski definition) is 1. The predicted octanol–water partition coefficient (Wildman–Crippen LogP) is 3.41. The van der Waals surface area contributed by atoms with Crippen LogP contribution in [-0.2, 0) is 0 Å². The molecule has 0 saturated heterocycles. The van der Waals surface area contributed by atoms with Crippen molar-refractivity contribution in [3.63, 3.8) is 0 Å². The highest BCUT2D eigenvalue weighted by molar-refractivity contribution is 6.20. The van der Waals surface area contributed by atoms with Gasteiger partial charge in [0.2, 0.25) is 0 Å². The van der Waals surface area contributed by atoms with Gasteiger partial charge in [-0.25, -0.2) is 0 Å². The fourth-order valence-corrected chi connectivity index (χ4v) is 1.58. The Labute approximate surface area is 78.8 Å². The molecule has 0 aromatic carbocycles. The Morgan fingerprint density at radius 3 is 2.67 bits per heavy atom. The number of pyridine rings is 1. The van der Waals surface area contributed by atoms with E-state index < -0.39 is 0 Å². The zero-order chi connectivity index (χ0) is 8.97. The first-order valence-electron chi connectivity index (χ1n) is 4.25. The maximum Gasteiger partial charge on any atom is 0.0759 e. The van der Waals surface area contributed by atoms with Crippen LogP contribution in [0.15, 0.2) is 24.4 Å². The van der Waals surface area contributed by atoms with Crippen LogP contribution >= 0.6 is 11.6 Å². The Morgan fingerprint density at radius 1 is 1.42 bits per heavy atom. The van der Waals surface area contributed by atoms with Crippen LogP contribution in [0, 0.1) is 5.92 Å². The van der Waals surface area contributed by atoms with Crippen molar-refractivity contribution in [2.45, 2.75) is 25.6 Å². The molecule has 0 N–H and O–H groups in total. The molecule has 0 aliphatic heterocycles. The van der Waals surface area contributed by atoms with Crippen LogP contribution in [0.3, 0.4) is 0 Å². The summed E-state index contributed by atoms with van der Waals surface area (Å²) < 4.78 is 0. The lowest BCUT2D eigenvalue weighted by molar-refractivity contribution is 0.569. The summed E-state index contributed by atoms with van der Waals surface area (Å²) in [7, 11) is 0. The fraction of sp³-hybridized carbons (Fsp3) is 0.500. The number of rotatable bonds is 3. The molecule has 1 aromatic heterocycles. The van der Waals surface area contributed by atoms with Crippen LogP contribution in [0.25, 0.3) is 0 Å². The van der Waals surface area contributed by atoms with Gasteiger partial charge in [0.25, 0.3) is 0 Å². The van der Waals surface area contributed by atoms with E-state index in [0.717, 1.165) is 12.1 Å². The zero-order valence-electron chi connectivity index (χ0n) is 7.50. The highest BCUT2D eigenvalue weighted by atomic mass is 35.5. The van der Waals surface area contributed by atoms with E-state index in [-0.39, 0.29) is 5.38 Å². The minimum Gasteiger partial charge on any atom is -0.260 e. The van der Waals surface area contributed by atoms with E-state index in [1.165, 1.54) is 0 Å². The molecule has 1 rings (SSSR count). The Balaban J connectivity index is 2.59. The van der Waals surface area contributed by atoms with Crippen molar-refractivity contribution in [2.75, 3.05) is 0 Å². The molecule has 1 heterocycles. The lowest BCUT2D eigenvalue weighted by atomic mass is 10.1. The summed E-state index contributed by atoms with van der Waals surface area (Å²) >= 11 is 6.14.